The van der Waals surface area contributed by atoms with E-state index in [0.717, 1.165) is 38.9 Å². The van der Waals surface area contributed by atoms with Crippen molar-refractivity contribution in [1.82, 2.24) is 25.2 Å². The standard InChI is InChI=1S/C20H29N5O2/c1-16(17-5-3-2-4-6-17)7-11-24-12-8-18(9-13-24)25-15-19(22-23-25)20(27)21-10-14-26/h2-6,15-16,18,26H,7-14H2,1H3,(H,21,27)/t16-/m1/s1. The highest BCUT2D eigenvalue weighted by atomic mass is 16.3. The fourth-order valence-corrected chi connectivity index (χ4v) is 3.55. The van der Waals surface area contributed by atoms with Gasteiger partial charge >= 0.3 is 0 Å². The molecule has 2 N–H and O–H groups in total. The summed E-state index contributed by atoms with van der Waals surface area (Å²) in [4.78, 5) is 14.4. The van der Waals surface area contributed by atoms with Crippen LogP contribution in [0.4, 0.5) is 0 Å². The van der Waals surface area contributed by atoms with Gasteiger partial charge < -0.3 is 15.3 Å². The zero-order valence-corrected chi connectivity index (χ0v) is 15.9. The van der Waals surface area contributed by atoms with Gasteiger partial charge in [-0.2, -0.15) is 0 Å². The third kappa shape index (κ3) is 5.37. The van der Waals surface area contributed by atoms with Gasteiger partial charge in [0, 0.05) is 19.6 Å². The first-order valence-corrected chi connectivity index (χ1v) is 9.75. The van der Waals surface area contributed by atoms with Crippen molar-refractivity contribution in [1.29, 1.82) is 0 Å². The molecule has 0 radical (unpaired) electrons. The predicted octanol–water partition coefficient (Wildman–Crippen LogP) is 1.83. The van der Waals surface area contributed by atoms with Gasteiger partial charge in [-0.25, -0.2) is 4.68 Å². The first kappa shape index (κ1) is 19.5. The molecule has 27 heavy (non-hydrogen) atoms. The van der Waals surface area contributed by atoms with Crippen LogP contribution in [-0.4, -0.2) is 63.7 Å². The number of aliphatic hydroxyl groups excluding tert-OH is 1. The molecule has 1 atom stereocenters. The second-order valence-electron chi connectivity index (χ2n) is 7.24. The Hall–Kier alpha value is -2.25. The highest BCUT2D eigenvalue weighted by Crippen LogP contribution is 2.24. The third-order valence-corrected chi connectivity index (χ3v) is 5.32. The molecule has 0 saturated carbocycles. The van der Waals surface area contributed by atoms with Gasteiger partial charge in [-0.3, -0.25) is 4.79 Å². The fourth-order valence-electron chi connectivity index (χ4n) is 3.55. The van der Waals surface area contributed by atoms with E-state index in [9.17, 15) is 4.79 Å². The maximum Gasteiger partial charge on any atom is 0.273 e. The van der Waals surface area contributed by atoms with Crippen LogP contribution in [-0.2, 0) is 0 Å². The van der Waals surface area contributed by atoms with E-state index < -0.39 is 0 Å². The van der Waals surface area contributed by atoms with Crippen LogP contribution in [0.3, 0.4) is 0 Å². The van der Waals surface area contributed by atoms with Crippen molar-refractivity contribution >= 4 is 5.91 Å². The van der Waals surface area contributed by atoms with E-state index in [4.69, 9.17) is 5.11 Å². The molecule has 2 heterocycles. The molecule has 1 aliphatic heterocycles. The van der Waals surface area contributed by atoms with Crippen LogP contribution in [0.5, 0.6) is 0 Å². The molecule has 1 aliphatic rings. The second kappa shape index (κ2) is 9.62. The molecule has 0 aliphatic carbocycles. The summed E-state index contributed by atoms with van der Waals surface area (Å²) in [5.41, 5.74) is 1.71. The highest BCUT2D eigenvalue weighted by molar-refractivity contribution is 5.91. The molecule has 7 nitrogen and oxygen atoms in total. The molecule has 2 aromatic rings. The van der Waals surface area contributed by atoms with Gasteiger partial charge in [-0.05, 0) is 37.3 Å². The number of piperidine rings is 1. The van der Waals surface area contributed by atoms with Gasteiger partial charge in [-0.15, -0.1) is 5.10 Å². The Labute approximate surface area is 160 Å². The number of nitrogens with one attached hydrogen (secondary N) is 1. The van der Waals surface area contributed by atoms with Crippen LogP contribution in [0.15, 0.2) is 36.5 Å². The van der Waals surface area contributed by atoms with E-state index in [1.165, 1.54) is 5.56 Å². The number of likely N-dealkylation sites (tertiary alicyclic amines) is 1. The van der Waals surface area contributed by atoms with Crippen molar-refractivity contribution in [2.75, 3.05) is 32.8 Å². The number of carbonyl (C=O) groups excluding carboxylic acids is 1. The molecule has 0 unspecified atom stereocenters. The molecule has 0 spiro atoms. The van der Waals surface area contributed by atoms with Gasteiger partial charge in [0.05, 0.1) is 18.8 Å². The number of aromatic nitrogens is 3. The molecule has 1 amide bonds. The van der Waals surface area contributed by atoms with Gasteiger partial charge in [0.2, 0.25) is 0 Å². The van der Waals surface area contributed by atoms with Crippen LogP contribution >= 0.6 is 0 Å². The molecular formula is C20H29N5O2. The van der Waals surface area contributed by atoms with Crippen LogP contribution in [0.25, 0.3) is 0 Å². The number of rotatable bonds is 8. The molecule has 1 fully saturated rings. The largest absolute Gasteiger partial charge is 0.395 e. The summed E-state index contributed by atoms with van der Waals surface area (Å²) < 4.78 is 1.82. The average molecular weight is 371 g/mol. The first-order valence-electron chi connectivity index (χ1n) is 9.75. The van der Waals surface area contributed by atoms with Crippen LogP contribution in [0.2, 0.25) is 0 Å². The quantitative estimate of drug-likeness (QED) is 0.740. The van der Waals surface area contributed by atoms with Crippen molar-refractivity contribution < 1.29 is 9.90 Å². The van der Waals surface area contributed by atoms with Gasteiger partial charge in [0.15, 0.2) is 5.69 Å². The normalized spacial score (nSPS) is 17.0. The van der Waals surface area contributed by atoms with Crippen LogP contribution < -0.4 is 5.32 Å². The number of hydrogen-bond donors (Lipinski definition) is 2. The average Bonchev–Trinajstić information content (AvgIpc) is 3.21. The van der Waals surface area contributed by atoms with Crippen LogP contribution in [0.1, 0.15) is 54.2 Å². The molecule has 146 valence electrons. The third-order valence-electron chi connectivity index (χ3n) is 5.32. The Balaban J connectivity index is 1.44. The van der Waals surface area contributed by atoms with Crippen molar-refractivity contribution in [3.63, 3.8) is 0 Å². The minimum absolute atomic E-state index is 0.0821. The van der Waals surface area contributed by atoms with E-state index in [1.54, 1.807) is 6.20 Å². The first-order chi connectivity index (χ1) is 13.2. The minimum atomic E-state index is -0.289. The number of carbonyl (C=O) groups is 1. The predicted molar refractivity (Wildman–Crippen MR) is 104 cm³/mol. The number of aliphatic hydroxyl groups is 1. The summed E-state index contributed by atoms with van der Waals surface area (Å²) in [6.45, 7) is 5.62. The maximum absolute atomic E-state index is 11.9. The summed E-state index contributed by atoms with van der Waals surface area (Å²) in [6.07, 6.45) is 4.90. The SMILES string of the molecule is C[C@H](CCN1CCC(n2cc(C(=O)NCCO)nn2)CC1)c1ccccc1. The lowest BCUT2D eigenvalue weighted by atomic mass is 9.97. The van der Waals surface area contributed by atoms with Crippen molar-refractivity contribution in [2.45, 2.75) is 38.1 Å². The smallest absolute Gasteiger partial charge is 0.273 e. The summed E-state index contributed by atoms with van der Waals surface area (Å²) in [5, 5.41) is 19.5. The Kier molecular flexibility index (Phi) is 6.95. The Morgan fingerprint density at radius 2 is 2.04 bits per heavy atom. The molecule has 1 aromatic carbocycles. The molecule has 7 heteroatoms. The van der Waals surface area contributed by atoms with Gasteiger partial charge in [-0.1, -0.05) is 42.5 Å². The van der Waals surface area contributed by atoms with Gasteiger partial charge in [0.25, 0.3) is 5.91 Å². The van der Waals surface area contributed by atoms with Crippen molar-refractivity contribution in [3.05, 3.63) is 47.8 Å². The van der Waals surface area contributed by atoms with Gasteiger partial charge in [0.1, 0.15) is 0 Å². The maximum atomic E-state index is 11.9. The molecule has 1 aromatic heterocycles. The lowest BCUT2D eigenvalue weighted by Gasteiger charge is -2.32. The zero-order chi connectivity index (χ0) is 19.1. The van der Waals surface area contributed by atoms with E-state index in [-0.39, 0.29) is 19.1 Å². The highest BCUT2D eigenvalue weighted by Gasteiger charge is 2.23. The summed E-state index contributed by atoms with van der Waals surface area (Å²) in [5.74, 6) is 0.280. The topological polar surface area (TPSA) is 83.3 Å². The number of hydrogen-bond acceptors (Lipinski definition) is 5. The van der Waals surface area contributed by atoms with Crippen LogP contribution in [0, 0.1) is 0 Å². The van der Waals surface area contributed by atoms with Crippen molar-refractivity contribution in [2.24, 2.45) is 0 Å². The minimum Gasteiger partial charge on any atom is -0.395 e. The molecule has 3 rings (SSSR count). The Bertz CT molecular complexity index is 710. The van der Waals surface area contributed by atoms with E-state index in [1.807, 2.05) is 4.68 Å². The van der Waals surface area contributed by atoms with E-state index in [2.05, 4.69) is 57.8 Å². The Morgan fingerprint density at radius 1 is 1.30 bits per heavy atom. The number of amides is 1. The lowest BCUT2D eigenvalue weighted by Crippen LogP contribution is -2.35. The van der Waals surface area contributed by atoms with E-state index in [0.29, 0.717) is 17.7 Å². The lowest BCUT2D eigenvalue weighted by molar-refractivity contribution is 0.0939. The summed E-state index contributed by atoms with van der Waals surface area (Å²) in [6, 6.07) is 11.0. The Morgan fingerprint density at radius 3 is 2.74 bits per heavy atom. The summed E-state index contributed by atoms with van der Waals surface area (Å²) in [7, 11) is 0. The zero-order valence-electron chi connectivity index (χ0n) is 15.9. The number of nitrogens with zero attached hydrogens (tertiary/aromatic N) is 4. The molecule has 0 bridgehead atoms. The monoisotopic (exact) mass is 371 g/mol. The summed E-state index contributed by atoms with van der Waals surface area (Å²) >= 11 is 0. The van der Waals surface area contributed by atoms with Crippen molar-refractivity contribution in [3.8, 4) is 0 Å². The number of benzene rings is 1. The molecular weight excluding hydrogens is 342 g/mol. The molecule has 1 saturated heterocycles. The second-order valence-corrected chi connectivity index (χ2v) is 7.24. The fraction of sp³-hybridized carbons (Fsp3) is 0.550. The van der Waals surface area contributed by atoms with E-state index >= 15 is 0 Å².